The van der Waals surface area contributed by atoms with Gasteiger partial charge in [0.25, 0.3) is 0 Å². The number of aryl methyl sites for hydroxylation is 2. The third-order valence-corrected chi connectivity index (χ3v) is 2.98. The Morgan fingerprint density at radius 3 is 2.89 bits per heavy atom. The lowest BCUT2D eigenvalue weighted by molar-refractivity contribution is 0.199. The van der Waals surface area contributed by atoms with Crippen LogP contribution in [0.15, 0.2) is 37.1 Å². The van der Waals surface area contributed by atoms with Crippen molar-refractivity contribution in [2.24, 2.45) is 0 Å². The van der Waals surface area contributed by atoms with Crippen LogP contribution in [0, 0.1) is 0 Å². The summed E-state index contributed by atoms with van der Waals surface area (Å²) < 4.78 is 7.19. The van der Waals surface area contributed by atoms with Gasteiger partial charge in [0.2, 0.25) is 0 Å². The van der Waals surface area contributed by atoms with E-state index >= 15 is 0 Å². The van der Waals surface area contributed by atoms with Gasteiger partial charge in [0.15, 0.2) is 0 Å². The Hall–Kier alpha value is -1.72. The molecule has 0 aromatic carbocycles. The maximum absolute atomic E-state index is 5.01. The predicted molar refractivity (Wildman–Crippen MR) is 73.8 cm³/mol. The van der Waals surface area contributed by atoms with Gasteiger partial charge in [0, 0.05) is 45.3 Å². The molecule has 2 rings (SSSR count). The summed E-state index contributed by atoms with van der Waals surface area (Å²) in [7, 11) is 1.71. The van der Waals surface area contributed by atoms with Crippen molar-refractivity contribution in [1.82, 2.24) is 19.9 Å². The van der Waals surface area contributed by atoms with E-state index in [1.165, 1.54) is 11.3 Å². The lowest BCUT2D eigenvalue weighted by atomic mass is 10.2. The first-order valence-corrected chi connectivity index (χ1v) is 6.47. The number of hydrogen-bond acceptors (Lipinski definition) is 4. The van der Waals surface area contributed by atoms with Crippen LogP contribution in [-0.4, -0.2) is 34.8 Å². The van der Waals surface area contributed by atoms with E-state index in [-0.39, 0.29) is 0 Å². The maximum atomic E-state index is 5.01. The zero-order chi connectivity index (χ0) is 13.3. The monoisotopic (exact) mass is 260 g/mol. The van der Waals surface area contributed by atoms with Gasteiger partial charge in [-0.25, -0.2) is 4.98 Å². The standard InChI is InChI=1S/C14H20N4O/c1-19-9-7-16-10-14-11-17-12-18(14)8-4-13-2-5-15-6-3-13/h2-3,5-6,11-12,16H,4,7-10H2,1H3. The first-order chi connectivity index (χ1) is 9.40. The highest BCUT2D eigenvalue weighted by molar-refractivity contribution is 5.10. The summed E-state index contributed by atoms with van der Waals surface area (Å²) in [4.78, 5) is 8.24. The van der Waals surface area contributed by atoms with E-state index in [0.29, 0.717) is 0 Å². The molecule has 0 spiro atoms. The van der Waals surface area contributed by atoms with E-state index in [4.69, 9.17) is 4.74 Å². The fraction of sp³-hybridized carbons (Fsp3) is 0.429. The van der Waals surface area contributed by atoms with Crippen molar-refractivity contribution in [3.05, 3.63) is 48.3 Å². The minimum Gasteiger partial charge on any atom is -0.383 e. The normalized spacial score (nSPS) is 10.8. The predicted octanol–water partition coefficient (Wildman–Crippen LogP) is 1.26. The maximum Gasteiger partial charge on any atom is 0.0948 e. The van der Waals surface area contributed by atoms with Crippen molar-refractivity contribution >= 4 is 0 Å². The van der Waals surface area contributed by atoms with E-state index in [1.807, 2.05) is 37.1 Å². The number of nitrogens with zero attached hydrogens (tertiary/aromatic N) is 3. The van der Waals surface area contributed by atoms with Gasteiger partial charge < -0.3 is 14.6 Å². The Balaban J connectivity index is 1.82. The molecule has 0 bridgehead atoms. The molecular weight excluding hydrogens is 240 g/mol. The molecule has 102 valence electrons. The molecule has 5 heteroatoms. The van der Waals surface area contributed by atoms with Gasteiger partial charge in [0.1, 0.15) is 0 Å². The van der Waals surface area contributed by atoms with Crippen LogP contribution in [0.1, 0.15) is 11.3 Å². The summed E-state index contributed by atoms with van der Waals surface area (Å²) in [5, 5.41) is 3.33. The van der Waals surface area contributed by atoms with Crippen LogP contribution in [-0.2, 0) is 24.2 Å². The lowest BCUT2D eigenvalue weighted by Crippen LogP contribution is -2.20. The Morgan fingerprint density at radius 1 is 1.26 bits per heavy atom. The molecular formula is C14H20N4O. The van der Waals surface area contributed by atoms with Crippen molar-refractivity contribution in [3.63, 3.8) is 0 Å². The molecule has 0 aliphatic heterocycles. The molecule has 0 saturated heterocycles. The molecule has 0 saturated carbocycles. The van der Waals surface area contributed by atoms with Gasteiger partial charge in [-0.1, -0.05) is 0 Å². The first kappa shape index (κ1) is 13.7. The number of pyridine rings is 1. The molecule has 0 fully saturated rings. The second-order valence-electron chi connectivity index (χ2n) is 4.35. The van der Waals surface area contributed by atoms with Gasteiger partial charge in [-0.15, -0.1) is 0 Å². The molecule has 19 heavy (non-hydrogen) atoms. The lowest BCUT2D eigenvalue weighted by Gasteiger charge is -2.09. The Bertz CT molecular complexity index is 469. The molecule has 0 radical (unpaired) electrons. The van der Waals surface area contributed by atoms with E-state index in [2.05, 4.69) is 19.9 Å². The van der Waals surface area contributed by atoms with Gasteiger partial charge in [-0.05, 0) is 24.1 Å². The Kier molecular flexibility index (Phi) is 5.52. The van der Waals surface area contributed by atoms with Crippen LogP contribution < -0.4 is 5.32 Å². The van der Waals surface area contributed by atoms with Crippen LogP contribution in [0.5, 0.6) is 0 Å². The molecule has 0 aliphatic rings. The summed E-state index contributed by atoms with van der Waals surface area (Å²) >= 11 is 0. The first-order valence-electron chi connectivity index (χ1n) is 6.47. The number of nitrogens with one attached hydrogen (secondary N) is 1. The molecule has 0 unspecified atom stereocenters. The topological polar surface area (TPSA) is 52.0 Å². The summed E-state index contributed by atoms with van der Waals surface area (Å²) in [6, 6.07) is 4.10. The van der Waals surface area contributed by atoms with E-state index in [1.54, 1.807) is 7.11 Å². The van der Waals surface area contributed by atoms with Crippen LogP contribution in [0.4, 0.5) is 0 Å². The second-order valence-corrected chi connectivity index (χ2v) is 4.35. The van der Waals surface area contributed by atoms with Crippen LogP contribution in [0.25, 0.3) is 0 Å². The quantitative estimate of drug-likeness (QED) is 0.726. The van der Waals surface area contributed by atoms with Crippen LogP contribution in [0.2, 0.25) is 0 Å². The van der Waals surface area contributed by atoms with Crippen molar-refractivity contribution in [1.29, 1.82) is 0 Å². The zero-order valence-electron chi connectivity index (χ0n) is 11.2. The molecule has 0 aliphatic carbocycles. The number of imidazole rings is 1. The van der Waals surface area contributed by atoms with Crippen LogP contribution in [0.3, 0.4) is 0 Å². The molecule has 2 aromatic heterocycles. The summed E-state index contributed by atoms with van der Waals surface area (Å²) in [6.07, 6.45) is 8.44. The highest BCUT2D eigenvalue weighted by Gasteiger charge is 2.02. The van der Waals surface area contributed by atoms with Crippen molar-refractivity contribution in [2.45, 2.75) is 19.5 Å². The number of ether oxygens (including phenoxy) is 1. The Labute approximate surface area is 113 Å². The van der Waals surface area contributed by atoms with Crippen molar-refractivity contribution in [2.75, 3.05) is 20.3 Å². The number of aromatic nitrogens is 3. The zero-order valence-corrected chi connectivity index (χ0v) is 11.2. The largest absolute Gasteiger partial charge is 0.383 e. The third kappa shape index (κ3) is 4.46. The van der Waals surface area contributed by atoms with Gasteiger partial charge in [-0.3, -0.25) is 4.98 Å². The highest BCUT2D eigenvalue weighted by Crippen LogP contribution is 2.04. The number of hydrogen-bond donors (Lipinski definition) is 1. The van der Waals surface area contributed by atoms with Crippen molar-refractivity contribution < 1.29 is 4.74 Å². The van der Waals surface area contributed by atoms with E-state index in [0.717, 1.165) is 32.7 Å². The smallest absolute Gasteiger partial charge is 0.0948 e. The molecule has 0 atom stereocenters. The molecule has 0 amide bonds. The highest BCUT2D eigenvalue weighted by atomic mass is 16.5. The van der Waals surface area contributed by atoms with Gasteiger partial charge >= 0.3 is 0 Å². The summed E-state index contributed by atoms with van der Waals surface area (Å²) in [5.41, 5.74) is 2.49. The molecule has 2 heterocycles. The van der Waals surface area contributed by atoms with E-state index in [9.17, 15) is 0 Å². The fourth-order valence-electron chi connectivity index (χ4n) is 1.89. The van der Waals surface area contributed by atoms with Gasteiger partial charge in [-0.2, -0.15) is 0 Å². The fourth-order valence-corrected chi connectivity index (χ4v) is 1.89. The SMILES string of the molecule is COCCNCc1cncn1CCc1ccncc1. The molecule has 2 aromatic rings. The minimum atomic E-state index is 0.727. The number of rotatable bonds is 8. The van der Waals surface area contributed by atoms with Crippen molar-refractivity contribution in [3.8, 4) is 0 Å². The minimum absolute atomic E-state index is 0.727. The summed E-state index contributed by atoms with van der Waals surface area (Å²) in [6.45, 7) is 3.34. The summed E-state index contributed by atoms with van der Waals surface area (Å²) in [5.74, 6) is 0. The average molecular weight is 260 g/mol. The number of methoxy groups -OCH3 is 1. The molecule has 1 N–H and O–H groups in total. The Morgan fingerprint density at radius 2 is 2.11 bits per heavy atom. The third-order valence-electron chi connectivity index (χ3n) is 2.98. The van der Waals surface area contributed by atoms with Gasteiger partial charge in [0.05, 0.1) is 18.6 Å². The van der Waals surface area contributed by atoms with E-state index < -0.39 is 0 Å². The second kappa shape index (κ2) is 7.66. The average Bonchev–Trinajstić information content (AvgIpc) is 2.90. The van der Waals surface area contributed by atoms with Crippen LogP contribution >= 0.6 is 0 Å². The molecule has 5 nitrogen and oxygen atoms in total.